The minimum atomic E-state index is -3.24. The number of rotatable bonds is 6. The van der Waals surface area contributed by atoms with Crippen molar-refractivity contribution in [1.29, 1.82) is 0 Å². The minimum absolute atomic E-state index is 0.0834. The monoisotopic (exact) mass is 283 g/mol. The summed E-state index contributed by atoms with van der Waals surface area (Å²) in [6.07, 6.45) is 4.24. The Morgan fingerprint density at radius 2 is 2.32 bits per heavy atom. The summed E-state index contributed by atoms with van der Waals surface area (Å²) < 4.78 is 26.6. The molecule has 1 aliphatic rings. The number of aryl methyl sites for hydroxylation is 1. The van der Waals surface area contributed by atoms with Crippen LogP contribution >= 0.6 is 0 Å². The molecule has 0 radical (unpaired) electrons. The number of sulfonamides is 1. The van der Waals surface area contributed by atoms with Crippen molar-refractivity contribution in [3.8, 4) is 0 Å². The Morgan fingerprint density at radius 3 is 2.95 bits per heavy atom. The van der Waals surface area contributed by atoms with Gasteiger partial charge in [0.05, 0.1) is 5.75 Å². The Hall–Kier alpha value is -0.980. The molecule has 1 aliphatic heterocycles. The highest BCUT2D eigenvalue weighted by molar-refractivity contribution is 7.89. The van der Waals surface area contributed by atoms with Crippen LogP contribution in [0.1, 0.15) is 25.5 Å². The zero-order chi connectivity index (χ0) is 13.8. The van der Waals surface area contributed by atoms with Crippen molar-refractivity contribution in [3.63, 3.8) is 0 Å². The Morgan fingerprint density at radius 1 is 1.47 bits per heavy atom. The molecule has 0 aliphatic carbocycles. The molecule has 0 amide bonds. The van der Waals surface area contributed by atoms with E-state index in [1.165, 1.54) is 0 Å². The largest absolute Gasteiger partial charge is 0.310 e. The molecule has 0 saturated carbocycles. The van der Waals surface area contributed by atoms with Crippen LogP contribution in [0.4, 0.5) is 0 Å². The second-order valence-corrected chi connectivity index (χ2v) is 7.23. The van der Waals surface area contributed by atoms with Crippen molar-refractivity contribution in [3.05, 3.63) is 30.1 Å². The van der Waals surface area contributed by atoms with E-state index in [0.29, 0.717) is 13.0 Å². The highest BCUT2D eigenvalue weighted by atomic mass is 32.2. The van der Waals surface area contributed by atoms with Gasteiger partial charge in [0.25, 0.3) is 0 Å². The van der Waals surface area contributed by atoms with Gasteiger partial charge in [-0.3, -0.25) is 4.98 Å². The summed E-state index contributed by atoms with van der Waals surface area (Å²) in [7, 11) is -3.24. The lowest BCUT2D eigenvalue weighted by atomic mass is 10.0. The summed E-state index contributed by atoms with van der Waals surface area (Å²) in [5, 5.41) is 3.34. The Balaban J connectivity index is 1.82. The molecule has 5 nitrogen and oxygen atoms in total. The van der Waals surface area contributed by atoms with Gasteiger partial charge in [-0.25, -0.2) is 13.1 Å². The summed E-state index contributed by atoms with van der Waals surface area (Å²) in [6, 6.07) is 5.53. The lowest BCUT2D eigenvalue weighted by Crippen LogP contribution is -2.47. The third kappa shape index (κ3) is 4.56. The van der Waals surface area contributed by atoms with Crippen LogP contribution < -0.4 is 10.0 Å². The highest BCUT2D eigenvalue weighted by Gasteiger charge is 2.29. The van der Waals surface area contributed by atoms with Gasteiger partial charge in [0.15, 0.2) is 0 Å². The molecular weight excluding hydrogens is 262 g/mol. The topological polar surface area (TPSA) is 71.1 Å². The van der Waals surface area contributed by atoms with Crippen LogP contribution in [0.5, 0.6) is 0 Å². The molecular formula is C13H21N3O2S. The fourth-order valence-electron chi connectivity index (χ4n) is 2.23. The normalized spacial score (nSPS) is 23.6. The van der Waals surface area contributed by atoms with Gasteiger partial charge in [-0.1, -0.05) is 6.07 Å². The fourth-order valence-corrected chi connectivity index (χ4v) is 3.40. The summed E-state index contributed by atoms with van der Waals surface area (Å²) in [5.41, 5.74) is 0.705. The van der Waals surface area contributed by atoms with Gasteiger partial charge in [-0.05, 0) is 38.4 Å². The summed E-state index contributed by atoms with van der Waals surface area (Å²) in [4.78, 5) is 4.13. The number of hydrogen-bond donors (Lipinski definition) is 2. The highest BCUT2D eigenvalue weighted by Crippen LogP contribution is 2.17. The van der Waals surface area contributed by atoms with Crippen LogP contribution in [-0.4, -0.2) is 37.8 Å². The number of aromatic nitrogens is 1. The van der Waals surface area contributed by atoms with Crippen LogP contribution in [0.15, 0.2) is 24.4 Å². The van der Waals surface area contributed by atoms with Crippen molar-refractivity contribution in [1.82, 2.24) is 15.0 Å². The molecule has 1 atom stereocenters. The molecule has 106 valence electrons. The van der Waals surface area contributed by atoms with E-state index in [-0.39, 0.29) is 11.3 Å². The summed E-state index contributed by atoms with van der Waals surface area (Å²) in [6.45, 7) is 3.48. The lowest BCUT2D eigenvalue weighted by molar-refractivity contribution is 0.409. The summed E-state index contributed by atoms with van der Waals surface area (Å²) in [5.74, 6) is 0.0834. The van der Waals surface area contributed by atoms with Gasteiger partial charge < -0.3 is 5.32 Å². The number of nitrogens with one attached hydrogen (secondary N) is 2. The average molecular weight is 283 g/mol. The van der Waals surface area contributed by atoms with Gasteiger partial charge in [0.1, 0.15) is 0 Å². The summed E-state index contributed by atoms with van der Waals surface area (Å²) >= 11 is 0. The van der Waals surface area contributed by atoms with E-state index < -0.39 is 10.0 Å². The van der Waals surface area contributed by atoms with Gasteiger partial charge in [0, 0.05) is 30.4 Å². The molecule has 0 aromatic carbocycles. The van der Waals surface area contributed by atoms with Crippen LogP contribution in [0.2, 0.25) is 0 Å². The quantitative estimate of drug-likeness (QED) is 0.805. The molecule has 2 N–H and O–H groups in total. The first kappa shape index (κ1) is 14.4. The van der Waals surface area contributed by atoms with E-state index in [1.54, 1.807) is 6.20 Å². The van der Waals surface area contributed by atoms with E-state index in [2.05, 4.69) is 21.9 Å². The van der Waals surface area contributed by atoms with Crippen molar-refractivity contribution in [2.75, 3.05) is 18.8 Å². The third-order valence-corrected chi connectivity index (χ3v) is 4.82. The molecule has 2 rings (SSSR count). The Bertz CT molecular complexity index is 496. The second kappa shape index (κ2) is 5.98. The van der Waals surface area contributed by atoms with E-state index in [4.69, 9.17) is 0 Å². The maximum absolute atomic E-state index is 11.9. The van der Waals surface area contributed by atoms with Crippen molar-refractivity contribution >= 4 is 10.0 Å². The van der Waals surface area contributed by atoms with Gasteiger partial charge in [-0.15, -0.1) is 0 Å². The molecule has 6 heteroatoms. The van der Waals surface area contributed by atoms with E-state index >= 15 is 0 Å². The number of nitrogens with zero attached hydrogens (tertiary/aromatic N) is 1. The van der Waals surface area contributed by atoms with Crippen molar-refractivity contribution < 1.29 is 8.42 Å². The van der Waals surface area contributed by atoms with Crippen molar-refractivity contribution in [2.24, 2.45) is 0 Å². The van der Waals surface area contributed by atoms with Gasteiger partial charge >= 0.3 is 0 Å². The fraction of sp³-hybridized carbons (Fsp3) is 0.615. The first-order chi connectivity index (χ1) is 8.99. The predicted octanol–water partition coefficient (Wildman–Crippen LogP) is 0.686. The minimum Gasteiger partial charge on any atom is -0.310 e. The predicted molar refractivity (Wildman–Crippen MR) is 75.4 cm³/mol. The molecule has 0 spiro atoms. The first-order valence-electron chi connectivity index (χ1n) is 6.61. The Kier molecular flexibility index (Phi) is 4.54. The van der Waals surface area contributed by atoms with Crippen molar-refractivity contribution in [2.45, 2.75) is 31.7 Å². The average Bonchev–Trinajstić information content (AvgIpc) is 2.84. The van der Waals surface area contributed by atoms with Gasteiger partial charge in [-0.2, -0.15) is 0 Å². The first-order valence-corrected chi connectivity index (χ1v) is 8.27. The third-order valence-electron chi connectivity index (χ3n) is 3.49. The molecule has 1 unspecified atom stereocenters. The standard InChI is InChI=1S/C13H21N3O2S/c1-13(7-4-9-15-13)11-16-19(17,18)10-6-12-5-2-3-8-14-12/h2-3,5,8,15-16H,4,6-7,9-11H2,1H3. The molecule has 19 heavy (non-hydrogen) atoms. The molecule has 1 aromatic rings. The SMILES string of the molecule is CC1(CNS(=O)(=O)CCc2ccccn2)CCCN1. The molecule has 1 aromatic heterocycles. The van der Waals surface area contributed by atoms with Crippen LogP contribution in [0.3, 0.4) is 0 Å². The molecule has 0 bridgehead atoms. The zero-order valence-corrected chi connectivity index (χ0v) is 12.0. The Labute approximate surface area is 114 Å². The molecule has 1 saturated heterocycles. The van der Waals surface area contributed by atoms with Crippen LogP contribution in [0, 0.1) is 0 Å². The zero-order valence-electron chi connectivity index (χ0n) is 11.2. The van der Waals surface area contributed by atoms with Crippen LogP contribution in [-0.2, 0) is 16.4 Å². The van der Waals surface area contributed by atoms with E-state index in [1.807, 2.05) is 18.2 Å². The number of pyridine rings is 1. The van der Waals surface area contributed by atoms with Crippen LogP contribution in [0.25, 0.3) is 0 Å². The number of hydrogen-bond acceptors (Lipinski definition) is 4. The maximum atomic E-state index is 11.9. The second-order valence-electron chi connectivity index (χ2n) is 5.30. The van der Waals surface area contributed by atoms with E-state index in [0.717, 1.165) is 25.1 Å². The van der Waals surface area contributed by atoms with E-state index in [9.17, 15) is 8.42 Å². The van der Waals surface area contributed by atoms with Gasteiger partial charge in [0.2, 0.25) is 10.0 Å². The lowest BCUT2D eigenvalue weighted by Gasteiger charge is -2.24. The maximum Gasteiger partial charge on any atom is 0.212 e. The molecule has 2 heterocycles. The molecule has 1 fully saturated rings. The smallest absolute Gasteiger partial charge is 0.212 e.